The van der Waals surface area contributed by atoms with Gasteiger partial charge in [0.15, 0.2) is 0 Å². The Bertz CT molecular complexity index is 1380. The van der Waals surface area contributed by atoms with Crippen LogP contribution in [0.3, 0.4) is 0 Å². The van der Waals surface area contributed by atoms with E-state index in [9.17, 15) is 10.1 Å². The van der Waals surface area contributed by atoms with Crippen LogP contribution in [0.4, 0.5) is 0 Å². The Labute approximate surface area is 247 Å². The van der Waals surface area contributed by atoms with Gasteiger partial charge in [-0.25, -0.2) is 0 Å². The maximum absolute atomic E-state index is 12.5. The zero-order valence-corrected chi connectivity index (χ0v) is 25.2. The van der Waals surface area contributed by atoms with Crippen LogP contribution in [0.15, 0.2) is 97.2 Å². The molecule has 4 nitrogen and oxygen atoms in total. The molecule has 3 aromatic carbocycles. The SMILES string of the molecule is C=C(CC(CCCc1ccc(-c2cccc(C#N)c2)c(C)c1)C(=C)NCC(=O)NCc1ccccc1)CC(C)(C)C. The van der Waals surface area contributed by atoms with Gasteiger partial charge in [0, 0.05) is 18.2 Å². The maximum atomic E-state index is 12.5. The quantitative estimate of drug-likeness (QED) is 0.200. The molecule has 1 unspecified atom stereocenters. The van der Waals surface area contributed by atoms with Gasteiger partial charge in [-0.05, 0) is 84.4 Å². The minimum absolute atomic E-state index is 0.0434. The average molecular weight is 548 g/mol. The van der Waals surface area contributed by atoms with Crippen LogP contribution in [0.2, 0.25) is 0 Å². The lowest BCUT2D eigenvalue weighted by Gasteiger charge is -2.25. The first-order valence-corrected chi connectivity index (χ1v) is 14.5. The summed E-state index contributed by atoms with van der Waals surface area (Å²) in [5, 5.41) is 15.5. The molecule has 1 atom stereocenters. The Balaban J connectivity index is 1.58. The summed E-state index contributed by atoms with van der Waals surface area (Å²) in [6, 6.07) is 26.5. The Hall–Kier alpha value is -4.10. The number of aryl methyl sites for hydroxylation is 2. The first-order valence-electron chi connectivity index (χ1n) is 14.5. The number of hydrogen-bond acceptors (Lipinski definition) is 3. The summed E-state index contributed by atoms with van der Waals surface area (Å²) < 4.78 is 0. The van der Waals surface area contributed by atoms with Crippen LogP contribution >= 0.6 is 0 Å². The number of hydrogen-bond donors (Lipinski definition) is 2. The Morgan fingerprint density at radius 3 is 2.39 bits per heavy atom. The van der Waals surface area contributed by atoms with E-state index in [1.165, 1.54) is 16.7 Å². The van der Waals surface area contributed by atoms with E-state index in [0.29, 0.717) is 12.1 Å². The molecule has 0 radical (unpaired) electrons. The van der Waals surface area contributed by atoms with E-state index in [1.807, 2.05) is 48.5 Å². The van der Waals surface area contributed by atoms with Crippen LogP contribution < -0.4 is 10.6 Å². The van der Waals surface area contributed by atoms with Crippen molar-refractivity contribution in [2.24, 2.45) is 11.3 Å². The molecule has 0 aliphatic carbocycles. The van der Waals surface area contributed by atoms with Gasteiger partial charge in [0.05, 0.1) is 18.2 Å². The molecule has 4 heteroatoms. The standard InChI is InChI=1S/C37H45N3O/c1-27(23-37(4,5)6)20-33(29(3)39-26-36(41)40-25-31-12-8-7-9-13-31)16-10-14-30-18-19-35(28(2)21-30)34-17-11-15-32(22-34)24-38/h7-9,11-13,15,17-19,21-22,33,39H,1,3,10,14,16,20,23,25-26H2,2,4-6H3,(H,40,41). The number of allylic oxidation sites excluding steroid dienone is 2. The average Bonchev–Trinajstić information content (AvgIpc) is 2.94. The van der Waals surface area contributed by atoms with Crippen molar-refractivity contribution in [1.29, 1.82) is 5.26 Å². The molecule has 214 valence electrons. The highest BCUT2D eigenvalue weighted by Gasteiger charge is 2.19. The van der Waals surface area contributed by atoms with E-state index in [2.05, 4.69) is 81.8 Å². The van der Waals surface area contributed by atoms with E-state index in [1.54, 1.807) is 0 Å². The second-order valence-corrected chi connectivity index (χ2v) is 12.3. The molecule has 0 aliphatic rings. The van der Waals surface area contributed by atoms with Gasteiger partial charge in [0.25, 0.3) is 0 Å². The molecule has 0 aromatic heterocycles. The molecule has 1 amide bonds. The lowest BCUT2D eigenvalue weighted by atomic mass is 9.83. The fourth-order valence-corrected chi connectivity index (χ4v) is 5.28. The van der Waals surface area contributed by atoms with Crippen molar-refractivity contribution in [1.82, 2.24) is 10.6 Å². The summed E-state index contributed by atoms with van der Waals surface area (Å²) in [7, 11) is 0. The zero-order valence-electron chi connectivity index (χ0n) is 25.2. The molecule has 0 spiro atoms. The van der Waals surface area contributed by atoms with Crippen LogP contribution in [-0.2, 0) is 17.8 Å². The van der Waals surface area contributed by atoms with E-state index >= 15 is 0 Å². The molecular weight excluding hydrogens is 502 g/mol. The summed E-state index contributed by atoms with van der Waals surface area (Å²) in [5.41, 5.74) is 8.79. The summed E-state index contributed by atoms with van der Waals surface area (Å²) in [6.07, 6.45) is 4.76. The number of amides is 1. The fraction of sp³-hybridized carbons (Fsp3) is 0.351. The van der Waals surface area contributed by atoms with Crippen LogP contribution in [0.1, 0.15) is 68.7 Å². The van der Waals surface area contributed by atoms with Crippen LogP contribution in [0.25, 0.3) is 11.1 Å². The van der Waals surface area contributed by atoms with Crippen LogP contribution in [-0.4, -0.2) is 12.5 Å². The first kappa shape index (κ1) is 31.4. The Morgan fingerprint density at radius 2 is 1.71 bits per heavy atom. The third-order valence-corrected chi connectivity index (χ3v) is 7.23. The molecule has 0 saturated heterocycles. The zero-order chi connectivity index (χ0) is 29.8. The second-order valence-electron chi connectivity index (χ2n) is 12.3. The molecule has 0 fully saturated rings. The third-order valence-electron chi connectivity index (χ3n) is 7.23. The van der Waals surface area contributed by atoms with Gasteiger partial charge in [0.1, 0.15) is 0 Å². The highest BCUT2D eigenvalue weighted by Crippen LogP contribution is 2.31. The van der Waals surface area contributed by atoms with Crippen LogP contribution in [0, 0.1) is 29.6 Å². The van der Waals surface area contributed by atoms with Gasteiger partial charge in [-0.15, -0.1) is 0 Å². The number of carbonyl (C=O) groups excluding carboxylic acids is 1. The predicted molar refractivity (Wildman–Crippen MR) is 171 cm³/mol. The largest absolute Gasteiger partial charge is 0.380 e. The number of carbonyl (C=O) groups is 1. The minimum Gasteiger partial charge on any atom is -0.380 e. The first-order chi connectivity index (χ1) is 19.5. The van der Waals surface area contributed by atoms with Gasteiger partial charge in [-0.2, -0.15) is 5.26 Å². The molecular formula is C37H45N3O. The van der Waals surface area contributed by atoms with E-state index in [4.69, 9.17) is 0 Å². The van der Waals surface area contributed by atoms with Gasteiger partial charge in [0.2, 0.25) is 5.91 Å². The molecule has 41 heavy (non-hydrogen) atoms. The van der Waals surface area contributed by atoms with Gasteiger partial charge >= 0.3 is 0 Å². The molecule has 0 bridgehead atoms. The second kappa shape index (κ2) is 15.1. The molecule has 0 heterocycles. The molecule has 3 rings (SSSR count). The van der Waals surface area contributed by atoms with Crippen molar-refractivity contribution in [2.75, 3.05) is 6.54 Å². The number of rotatable bonds is 14. The predicted octanol–water partition coefficient (Wildman–Crippen LogP) is 8.27. The van der Waals surface area contributed by atoms with Crippen molar-refractivity contribution in [3.8, 4) is 17.2 Å². The number of nitriles is 1. The van der Waals surface area contributed by atoms with Gasteiger partial charge < -0.3 is 10.6 Å². The van der Waals surface area contributed by atoms with Gasteiger partial charge in [-0.3, -0.25) is 4.79 Å². The van der Waals surface area contributed by atoms with Crippen molar-refractivity contribution < 1.29 is 4.79 Å². The van der Waals surface area contributed by atoms with Gasteiger partial charge in [-0.1, -0.05) is 100 Å². The molecule has 3 aromatic rings. The summed E-state index contributed by atoms with van der Waals surface area (Å²) in [5.74, 6) is 0.166. The fourth-order valence-electron chi connectivity index (χ4n) is 5.28. The number of nitrogens with one attached hydrogen (secondary N) is 2. The topological polar surface area (TPSA) is 64.9 Å². The maximum Gasteiger partial charge on any atom is 0.239 e. The lowest BCUT2D eigenvalue weighted by molar-refractivity contribution is -0.120. The Kier molecular flexibility index (Phi) is 11.5. The summed E-state index contributed by atoms with van der Waals surface area (Å²) in [6.45, 7) is 18.3. The highest BCUT2D eigenvalue weighted by atomic mass is 16.1. The monoisotopic (exact) mass is 547 g/mol. The minimum atomic E-state index is -0.0434. The highest BCUT2D eigenvalue weighted by molar-refractivity contribution is 5.78. The summed E-state index contributed by atoms with van der Waals surface area (Å²) in [4.78, 5) is 12.5. The molecule has 0 aliphatic heterocycles. The van der Waals surface area contributed by atoms with E-state index in [-0.39, 0.29) is 23.8 Å². The third kappa shape index (κ3) is 10.8. The lowest BCUT2D eigenvalue weighted by Crippen LogP contribution is -2.34. The van der Waals surface area contributed by atoms with Crippen molar-refractivity contribution in [3.63, 3.8) is 0 Å². The van der Waals surface area contributed by atoms with Crippen molar-refractivity contribution in [3.05, 3.63) is 119 Å². The van der Waals surface area contributed by atoms with Crippen molar-refractivity contribution in [2.45, 2.75) is 66.3 Å². The number of nitrogens with zero attached hydrogens (tertiary/aromatic N) is 1. The smallest absolute Gasteiger partial charge is 0.239 e. The molecule has 0 saturated carbocycles. The summed E-state index contributed by atoms with van der Waals surface area (Å²) >= 11 is 0. The Morgan fingerprint density at radius 1 is 0.951 bits per heavy atom. The number of benzene rings is 3. The van der Waals surface area contributed by atoms with E-state index in [0.717, 1.165) is 54.5 Å². The van der Waals surface area contributed by atoms with E-state index < -0.39 is 0 Å². The molecule has 2 N–H and O–H groups in total. The normalized spacial score (nSPS) is 11.8. The van der Waals surface area contributed by atoms with Crippen molar-refractivity contribution >= 4 is 5.91 Å². The van der Waals surface area contributed by atoms with Crippen LogP contribution in [0.5, 0.6) is 0 Å².